The number of benzene rings is 1. The highest BCUT2D eigenvalue weighted by molar-refractivity contribution is 7.21. The van der Waals surface area contributed by atoms with E-state index in [9.17, 15) is 14.4 Å². The number of nitrogens with zero attached hydrogens (tertiary/aromatic N) is 5. The van der Waals surface area contributed by atoms with Crippen molar-refractivity contribution in [2.45, 2.75) is 52.1 Å². The van der Waals surface area contributed by atoms with E-state index in [1.165, 1.54) is 11.3 Å². The minimum Gasteiger partial charge on any atom is -0.496 e. The van der Waals surface area contributed by atoms with E-state index in [0.717, 1.165) is 39.3 Å². The molecule has 1 aromatic carbocycles. The fraction of sp³-hybridized carbons (Fsp3) is 0.407. The minimum atomic E-state index is -1.33. The summed E-state index contributed by atoms with van der Waals surface area (Å²) in [5.41, 5.74) is -0.579. The van der Waals surface area contributed by atoms with Gasteiger partial charge in [0.1, 0.15) is 21.1 Å². The Morgan fingerprint density at radius 2 is 1.86 bits per heavy atom. The van der Waals surface area contributed by atoms with E-state index in [2.05, 4.69) is 5.10 Å². The van der Waals surface area contributed by atoms with Crippen LogP contribution in [0.3, 0.4) is 0 Å². The predicted octanol–water partition coefficient (Wildman–Crippen LogP) is 3.33. The molecule has 1 saturated heterocycles. The summed E-state index contributed by atoms with van der Waals surface area (Å²) >= 11 is 1.36. The van der Waals surface area contributed by atoms with Crippen LogP contribution in [0, 0.1) is 6.92 Å². The number of thiophene rings is 1. The van der Waals surface area contributed by atoms with Gasteiger partial charge in [-0.3, -0.25) is 14.2 Å². The van der Waals surface area contributed by atoms with Gasteiger partial charge in [-0.05, 0) is 57.7 Å². The highest BCUT2D eigenvalue weighted by atomic mass is 32.1. The molecule has 194 valence electrons. The standard InChI is InChI=1S/C27H31N5O4S/c1-18-21-22(33)32(27(2,3)25(34)29-14-7-8-15-29)26(35)30(17-12-19-10-5-6-11-20(19)36-4)24(21)37-23(18)31-16-9-13-28-31/h5-6,9-11,13,16H,7-8,12,14-15,17H2,1-4H3. The maximum Gasteiger partial charge on any atom is 0.333 e. The Bertz CT molecular complexity index is 1570. The molecule has 1 aliphatic rings. The van der Waals surface area contributed by atoms with Crippen molar-refractivity contribution in [1.82, 2.24) is 23.8 Å². The molecule has 1 amide bonds. The molecule has 9 nitrogen and oxygen atoms in total. The highest BCUT2D eigenvalue weighted by Crippen LogP contribution is 2.32. The van der Waals surface area contributed by atoms with Crippen molar-refractivity contribution in [3.63, 3.8) is 0 Å². The summed E-state index contributed by atoms with van der Waals surface area (Å²) in [6.45, 7) is 6.81. The molecule has 4 aromatic rings. The fourth-order valence-electron chi connectivity index (χ4n) is 5.18. The Balaban J connectivity index is 1.72. The molecule has 1 aliphatic heterocycles. The van der Waals surface area contributed by atoms with Crippen LogP contribution >= 0.6 is 11.3 Å². The average molecular weight is 522 g/mol. The third kappa shape index (κ3) is 4.19. The second kappa shape index (κ2) is 9.66. The van der Waals surface area contributed by atoms with E-state index in [1.807, 2.05) is 43.5 Å². The molecule has 0 N–H and O–H groups in total. The Morgan fingerprint density at radius 1 is 1.14 bits per heavy atom. The van der Waals surface area contributed by atoms with Gasteiger partial charge in [0.15, 0.2) is 0 Å². The van der Waals surface area contributed by atoms with Gasteiger partial charge >= 0.3 is 5.69 Å². The Kier molecular flexibility index (Phi) is 6.53. The van der Waals surface area contributed by atoms with Crippen LogP contribution < -0.4 is 16.0 Å². The lowest BCUT2D eigenvalue weighted by molar-refractivity contribution is -0.138. The Labute approximate surface area is 218 Å². The summed E-state index contributed by atoms with van der Waals surface area (Å²) in [5, 5.41) is 5.56. The number of rotatable bonds is 7. The first-order valence-corrected chi connectivity index (χ1v) is 13.3. The summed E-state index contributed by atoms with van der Waals surface area (Å²) in [4.78, 5) is 43.9. The maximum absolute atomic E-state index is 14.1. The smallest absolute Gasteiger partial charge is 0.333 e. The Hall–Kier alpha value is -3.66. The van der Waals surface area contributed by atoms with Crippen molar-refractivity contribution in [3.05, 3.63) is 74.7 Å². The molecule has 37 heavy (non-hydrogen) atoms. The lowest BCUT2D eigenvalue weighted by Gasteiger charge is -2.31. The number of hydrogen-bond donors (Lipinski definition) is 0. The molecule has 0 radical (unpaired) electrons. The molecule has 5 rings (SSSR count). The van der Waals surface area contributed by atoms with Gasteiger partial charge in [-0.25, -0.2) is 14.0 Å². The molecule has 0 atom stereocenters. The van der Waals surface area contributed by atoms with Crippen LogP contribution in [0.25, 0.3) is 15.2 Å². The SMILES string of the molecule is COc1ccccc1CCn1c(=O)n(C(C)(C)C(=O)N2CCCC2)c(=O)c2c(C)c(-n3cccn3)sc21. The lowest BCUT2D eigenvalue weighted by atomic mass is 10.0. The number of amides is 1. The lowest BCUT2D eigenvalue weighted by Crippen LogP contribution is -2.56. The third-order valence-electron chi connectivity index (χ3n) is 7.17. The van der Waals surface area contributed by atoms with Crippen LogP contribution in [-0.2, 0) is 23.3 Å². The zero-order chi connectivity index (χ0) is 26.3. The van der Waals surface area contributed by atoms with Crippen molar-refractivity contribution in [2.75, 3.05) is 20.2 Å². The second-order valence-electron chi connectivity index (χ2n) is 9.86. The fourth-order valence-corrected chi connectivity index (χ4v) is 6.44. The first kappa shape index (κ1) is 25.0. The van der Waals surface area contributed by atoms with Crippen LogP contribution in [0.2, 0.25) is 0 Å². The molecule has 0 bridgehead atoms. The largest absolute Gasteiger partial charge is 0.496 e. The van der Waals surface area contributed by atoms with Crippen LogP contribution in [0.5, 0.6) is 5.75 Å². The molecule has 4 heterocycles. The van der Waals surface area contributed by atoms with Crippen molar-refractivity contribution in [2.24, 2.45) is 0 Å². The van der Waals surface area contributed by atoms with Gasteiger partial charge in [0.2, 0.25) is 5.91 Å². The summed E-state index contributed by atoms with van der Waals surface area (Å²) in [6, 6.07) is 9.50. The predicted molar refractivity (Wildman–Crippen MR) is 144 cm³/mol. The number of carbonyl (C=O) groups is 1. The van der Waals surface area contributed by atoms with Gasteiger partial charge in [-0.15, -0.1) is 0 Å². The van der Waals surface area contributed by atoms with E-state index in [4.69, 9.17) is 4.74 Å². The van der Waals surface area contributed by atoms with Crippen LogP contribution in [0.4, 0.5) is 0 Å². The van der Waals surface area contributed by atoms with E-state index in [0.29, 0.717) is 36.3 Å². The zero-order valence-electron chi connectivity index (χ0n) is 21.6. The summed E-state index contributed by atoms with van der Waals surface area (Å²) < 4.78 is 10.0. The summed E-state index contributed by atoms with van der Waals surface area (Å²) in [6.07, 6.45) is 5.86. The molecule has 10 heteroatoms. The first-order chi connectivity index (χ1) is 17.8. The van der Waals surface area contributed by atoms with E-state index in [1.54, 1.807) is 41.3 Å². The quantitative estimate of drug-likeness (QED) is 0.372. The second-order valence-corrected chi connectivity index (χ2v) is 10.8. The number of hydrogen-bond acceptors (Lipinski definition) is 6. The number of carbonyl (C=O) groups excluding carboxylic acids is 1. The maximum atomic E-state index is 14.1. The number of methoxy groups -OCH3 is 1. The first-order valence-electron chi connectivity index (χ1n) is 12.5. The van der Waals surface area contributed by atoms with Gasteiger partial charge in [0.05, 0.1) is 12.5 Å². The van der Waals surface area contributed by atoms with Gasteiger partial charge in [0.25, 0.3) is 5.56 Å². The van der Waals surface area contributed by atoms with Crippen molar-refractivity contribution >= 4 is 27.5 Å². The summed E-state index contributed by atoms with van der Waals surface area (Å²) in [7, 11) is 1.62. The number of likely N-dealkylation sites (tertiary alicyclic amines) is 1. The molecule has 3 aromatic heterocycles. The zero-order valence-corrected chi connectivity index (χ0v) is 22.4. The number of aryl methyl sites for hydroxylation is 3. The number of ether oxygens (including phenoxy) is 1. The molecule has 0 saturated carbocycles. The van der Waals surface area contributed by atoms with E-state index < -0.39 is 16.8 Å². The molecule has 0 aliphatic carbocycles. The molecule has 0 spiro atoms. The molecule has 1 fully saturated rings. The number of fused-ring (bicyclic) bond motifs is 1. The third-order valence-corrected chi connectivity index (χ3v) is 8.48. The van der Waals surface area contributed by atoms with Gasteiger partial charge in [-0.2, -0.15) is 5.10 Å². The van der Waals surface area contributed by atoms with Crippen LogP contribution in [0.15, 0.2) is 52.3 Å². The molecule has 0 unspecified atom stereocenters. The highest BCUT2D eigenvalue weighted by Gasteiger charge is 2.39. The Morgan fingerprint density at radius 3 is 2.54 bits per heavy atom. The minimum absolute atomic E-state index is 0.208. The van der Waals surface area contributed by atoms with Crippen molar-refractivity contribution in [1.29, 1.82) is 0 Å². The van der Waals surface area contributed by atoms with E-state index in [-0.39, 0.29) is 5.91 Å². The van der Waals surface area contributed by atoms with E-state index >= 15 is 0 Å². The van der Waals surface area contributed by atoms with Crippen molar-refractivity contribution in [3.8, 4) is 10.8 Å². The van der Waals surface area contributed by atoms with Crippen LogP contribution in [0.1, 0.15) is 37.8 Å². The topological polar surface area (TPSA) is 91.4 Å². The number of aromatic nitrogens is 4. The summed E-state index contributed by atoms with van der Waals surface area (Å²) in [5.74, 6) is 0.532. The van der Waals surface area contributed by atoms with Crippen LogP contribution in [-0.4, -0.2) is 49.9 Å². The van der Waals surface area contributed by atoms with Gasteiger partial charge < -0.3 is 9.64 Å². The van der Waals surface area contributed by atoms with Gasteiger partial charge in [-0.1, -0.05) is 29.5 Å². The molecular formula is C27H31N5O4S. The van der Waals surface area contributed by atoms with Gasteiger partial charge in [0, 0.05) is 37.6 Å². The monoisotopic (exact) mass is 521 g/mol. The molecular weight excluding hydrogens is 490 g/mol. The number of para-hydroxylation sites is 1. The van der Waals surface area contributed by atoms with Crippen molar-refractivity contribution < 1.29 is 9.53 Å². The average Bonchev–Trinajstić information content (AvgIpc) is 3.65. The normalized spacial score (nSPS) is 14.0.